The molecule has 0 heteroatoms. The van der Waals surface area contributed by atoms with Crippen LogP contribution < -0.4 is 0 Å². The molecule has 3 saturated carbocycles. The minimum absolute atomic E-state index is 0.758. The van der Waals surface area contributed by atoms with Crippen LogP contribution in [0.5, 0.6) is 0 Å². The lowest BCUT2D eigenvalue weighted by Crippen LogP contribution is -2.27. The summed E-state index contributed by atoms with van der Waals surface area (Å²) in [6.07, 6.45) is 13.7. The first kappa shape index (κ1) is 12.1. The van der Waals surface area contributed by atoms with Crippen molar-refractivity contribution in [2.24, 2.45) is 28.6 Å². The standard InChI is InChI=1S/C17H30/c1-4-5-6-13(2)15-12-16(15,3)9-14-10-17(11-14)7-8-17/h13-15H,4-12H2,1-3H3. The van der Waals surface area contributed by atoms with Gasteiger partial charge in [0.2, 0.25) is 0 Å². The van der Waals surface area contributed by atoms with Crippen molar-refractivity contribution in [3.8, 4) is 0 Å². The summed E-state index contributed by atoms with van der Waals surface area (Å²) in [4.78, 5) is 0. The highest BCUT2D eigenvalue weighted by atomic mass is 14.6. The summed E-state index contributed by atoms with van der Waals surface area (Å²) in [6, 6.07) is 0. The Hall–Kier alpha value is 0. The van der Waals surface area contributed by atoms with Crippen LogP contribution in [0.15, 0.2) is 0 Å². The van der Waals surface area contributed by atoms with E-state index in [0.29, 0.717) is 0 Å². The van der Waals surface area contributed by atoms with Crippen LogP contribution in [0.2, 0.25) is 0 Å². The molecular formula is C17H30. The molecule has 3 fully saturated rings. The second-order valence-corrected chi connectivity index (χ2v) is 8.06. The lowest BCUT2D eigenvalue weighted by Gasteiger charge is -2.38. The number of hydrogen-bond acceptors (Lipinski definition) is 0. The monoisotopic (exact) mass is 234 g/mol. The molecule has 3 aliphatic rings. The van der Waals surface area contributed by atoms with Crippen molar-refractivity contribution in [2.75, 3.05) is 0 Å². The Kier molecular flexibility index (Phi) is 2.84. The van der Waals surface area contributed by atoms with Gasteiger partial charge in [-0.05, 0) is 67.1 Å². The van der Waals surface area contributed by atoms with Gasteiger partial charge in [0.05, 0.1) is 0 Å². The molecule has 98 valence electrons. The molecule has 0 nitrogen and oxygen atoms in total. The molecule has 3 rings (SSSR count). The molecule has 0 aromatic heterocycles. The minimum atomic E-state index is 0.758. The summed E-state index contributed by atoms with van der Waals surface area (Å²) in [5.74, 6) is 3.19. The molecular weight excluding hydrogens is 204 g/mol. The molecule has 0 heterocycles. The average Bonchev–Trinajstić information content (AvgIpc) is 3.11. The Bertz CT molecular complexity index is 280. The highest BCUT2D eigenvalue weighted by Crippen LogP contribution is 2.69. The smallest absolute Gasteiger partial charge is 0.0289 e. The second-order valence-electron chi connectivity index (χ2n) is 8.06. The Morgan fingerprint density at radius 2 is 1.88 bits per heavy atom. The van der Waals surface area contributed by atoms with E-state index in [0.717, 1.165) is 28.6 Å². The zero-order valence-electron chi connectivity index (χ0n) is 12.1. The number of rotatable bonds is 6. The van der Waals surface area contributed by atoms with Crippen LogP contribution in [0.25, 0.3) is 0 Å². The van der Waals surface area contributed by atoms with Crippen LogP contribution in [-0.2, 0) is 0 Å². The van der Waals surface area contributed by atoms with Crippen molar-refractivity contribution >= 4 is 0 Å². The van der Waals surface area contributed by atoms with Gasteiger partial charge >= 0.3 is 0 Å². The van der Waals surface area contributed by atoms with Gasteiger partial charge in [-0.1, -0.05) is 40.0 Å². The van der Waals surface area contributed by atoms with Crippen molar-refractivity contribution in [3.05, 3.63) is 0 Å². The van der Waals surface area contributed by atoms with Crippen LogP contribution in [0.3, 0.4) is 0 Å². The van der Waals surface area contributed by atoms with Crippen molar-refractivity contribution in [1.82, 2.24) is 0 Å². The van der Waals surface area contributed by atoms with Gasteiger partial charge in [-0.25, -0.2) is 0 Å². The van der Waals surface area contributed by atoms with E-state index in [4.69, 9.17) is 0 Å². The average molecular weight is 234 g/mol. The van der Waals surface area contributed by atoms with Crippen LogP contribution in [-0.4, -0.2) is 0 Å². The molecule has 17 heavy (non-hydrogen) atoms. The zero-order valence-corrected chi connectivity index (χ0v) is 12.1. The molecule has 3 atom stereocenters. The molecule has 0 saturated heterocycles. The summed E-state index contributed by atoms with van der Waals surface area (Å²) in [5.41, 5.74) is 1.67. The number of hydrogen-bond donors (Lipinski definition) is 0. The first-order chi connectivity index (χ1) is 8.07. The van der Waals surface area contributed by atoms with Crippen molar-refractivity contribution < 1.29 is 0 Å². The van der Waals surface area contributed by atoms with E-state index >= 15 is 0 Å². The normalized spacial score (nSPS) is 40.1. The number of unbranched alkanes of at least 4 members (excludes halogenated alkanes) is 1. The molecule has 0 aromatic rings. The Balaban J connectivity index is 1.42. The molecule has 1 spiro atoms. The molecule has 0 amide bonds. The van der Waals surface area contributed by atoms with Crippen molar-refractivity contribution in [2.45, 2.75) is 78.6 Å². The maximum absolute atomic E-state index is 2.58. The van der Waals surface area contributed by atoms with Gasteiger partial charge in [-0.2, -0.15) is 0 Å². The molecule has 3 aliphatic carbocycles. The third-order valence-corrected chi connectivity index (χ3v) is 6.28. The summed E-state index contributed by atoms with van der Waals surface area (Å²) in [5, 5.41) is 0. The fourth-order valence-corrected chi connectivity index (χ4v) is 4.85. The van der Waals surface area contributed by atoms with E-state index < -0.39 is 0 Å². The summed E-state index contributed by atoms with van der Waals surface area (Å²) in [6.45, 7) is 7.41. The highest BCUT2D eigenvalue weighted by molar-refractivity contribution is 5.08. The largest absolute Gasteiger partial charge is 0.0654 e. The summed E-state index contributed by atoms with van der Waals surface area (Å²) < 4.78 is 0. The fraction of sp³-hybridized carbons (Fsp3) is 1.00. The van der Waals surface area contributed by atoms with Gasteiger partial charge in [-0.15, -0.1) is 0 Å². The van der Waals surface area contributed by atoms with Crippen LogP contribution in [0, 0.1) is 28.6 Å². The van der Waals surface area contributed by atoms with E-state index in [1.54, 1.807) is 38.5 Å². The van der Waals surface area contributed by atoms with E-state index in [1.165, 1.54) is 19.3 Å². The lowest BCUT2D eigenvalue weighted by molar-refractivity contribution is 0.127. The van der Waals surface area contributed by atoms with Gasteiger partial charge in [0.1, 0.15) is 0 Å². The van der Waals surface area contributed by atoms with Crippen LogP contribution >= 0.6 is 0 Å². The predicted octanol–water partition coefficient (Wildman–Crippen LogP) is 5.42. The zero-order chi connectivity index (χ0) is 12.1. The van der Waals surface area contributed by atoms with E-state index in [-0.39, 0.29) is 0 Å². The Morgan fingerprint density at radius 1 is 1.18 bits per heavy atom. The third kappa shape index (κ3) is 2.29. The van der Waals surface area contributed by atoms with Crippen molar-refractivity contribution in [3.63, 3.8) is 0 Å². The molecule has 0 radical (unpaired) electrons. The first-order valence-corrected chi connectivity index (χ1v) is 8.07. The summed E-state index contributed by atoms with van der Waals surface area (Å²) in [7, 11) is 0. The topological polar surface area (TPSA) is 0 Å². The third-order valence-electron chi connectivity index (χ3n) is 6.28. The first-order valence-electron chi connectivity index (χ1n) is 8.07. The van der Waals surface area contributed by atoms with Crippen LogP contribution in [0.4, 0.5) is 0 Å². The van der Waals surface area contributed by atoms with Gasteiger partial charge in [0.15, 0.2) is 0 Å². The van der Waals surface area contributed by atoms with Crippen molar-refractivity contribution in [1.29, 1.82) is 0 Å². The van der Waals surface area contributed by atoms with E-state index in [2.05, 4.69) is 20.8 Å². The van der Waals surface area contributed by atoms with Gasteiger partial charge < -0.3 is 0 Å². The van der Waals surface area contributed by atoms with Gasteiger partial charge in [0, 0.05) is 0 Å². The maximum atomic E-state index is 2.58. The summed E-state index contributed by atoms with van der Waals surface area (Å²) >= 11 is 0. The van der Waals surface area contributed by atoms with Gasteiger partial charge in [0.25, 0.3) is 0 Å². The quantitative estimate of drug-likeness (QED) is 0.575. The molecule has 0 aromatic carbocycles. The van der Waals surface area contributed by atoms with E-state index in [9.17, 15) is 0 Å². The predicted molar refractivity (Wildman–Crippen MR) is 73.9 cm³/mol. The highest BCUT2D eigenvalue weighted by Gasteiger charge is 2.58. The van der Waals surface area contributed by atoms with E-state index in [1.807, 2.05) is 0 Å². The van der Waals surface area contributed by atoms with Crippen LogP contribution in [0.1, 0.15) is 78.6 Å². The molecule has 3 unspecified atom stereocenters. The molecule has 0 N–H and O–H groups in total. The SMILES string of the molecule is CCCCC(C)C1CC1(C)CC1CC2(CC2)C1. The fourth-order valence-electron chi connectivity index (χ4n) is 4.85. The minimum Gasteiger partial charge on any atom is -0.0654 e. The maximum Gasteiger partial charge on any atom is -0.0289 e. The lowest BCUT2D eigenvalue weighted by atomic mass is 9.67. The Morgan fingerprint density at radius 3 is 2.47 bits per heavy atom. The second kappa shape index (κ2) is 4.00. The molecule has 0 bridgehead atoms. The van der Waals surface area contributed by atoms with Gasteiger partial charge in [-0.3, -0.25) is 0 Å². The Labute approximate surface area is 108 Å². The molecule has 0 aliphatic heterocycles.